The SMILES string of the molecule is CCCCCOc1cccc(C2C(=C(O)c3ccc4c(c3)OCCO4)C(=O)C(=O)N2c2nnc(SCc3ccccc3Cl)s2)c1. The molecule has 12 heteroatoms. The fourth-order valence-corrected chi connectivity index (χ4v) is 7.27. The van der Waals surface area contributed by atoms with Crippen molar-refractivity contribution in [2.75, 3.05) is 24.7 Å². The normalized spacial score (nSPS) is 17.1. The average molecular weight is 664 g/mol. The van der Waals surface area contributed by atoms with Crippen molar-refractivity contribution < 1.29 is 28.9 Å². The van der Waals surface area contributed by atoms with E-state index in [1.54, 1.807) is 36.4 Å². The van der Waals surface area contributed by atoms with Crippen molar-refractivity contribution in [1.29, 1.82) is 0 Å². The van der Waals surface area contributed by atoms with E-state index in [9.17, 15) is 14.7 Å². The Hall–Kier alpha value is -4.06. The molecule has 0 radical (unpaired) electrons. The first-order valence-corrected chi connectivity index (χ1v) is 16.8. The number of amides is 1. The number of aromatic nitrogens is 2. The zero-order valence-electron chi connectivity index (χ0n) is 24.4. The van der Waals surface area contributed by atoms with Crippen LogP contribution in [0.2, 0.25) is 5.02 Å². The van der Waals surface area contributed by atoms with Gasteiger partial charge < -0.3 is 19.3 Å². The first kappa shape index (κ1) is 30.9. The summed E-state index contributed by atoms with van der Waals surface area (Å²) in [5, 5.41) is 21.1. The number of aliphatic hydroxyl groups is 1. The average Bonchev–Trinajstić information content (AvgIpc) is 3.64. The Morgan fingerprint density at radius 3 is 2.69 bits per heavy atom. The van der Waals surface area contributed by atoms with Crippen LogP contribution in [-0.2, 0) is 15.3 Å². The summed E-state index contributed by atoms with van der Waals surface area (Å²) in [4.78, 5) is 28.7. The highest BCUT2D eigenvalue weighted by Crippen LogP contribution is 2.45. The number of aliphatic hydroxyl groups excluding tert-OH is 1. The Labute approximate surface area is 273 Å². The minimum atomic E-state index is -0.980. The summed E-state index contributed by atoms with van der Waals surface area (Å²) in [6.45, 7) is 3.44. The predicted octanol–water partition coefficient (Wildman–Crippen LogP) is 7.45. The molecule has 1 fully saturated rings. The minimum absolute atomic E-state index is 0.0692. The summed E-state index contributed by atoms with van der Waals surface area (Å²) in [6.07, 6.45) is 3.02. The third-order valence-corrected chi connectivity index (χ3v) is 9.83. The van der Waals surface area contributed by atoms with E-state index in [0.717, 1.165) is 24.8 Å². The molecule has 6 rings (SSSR count). The quantitative estimate of drug-likeness (QED) is 0.0437. The van der Waals surface area contributed by atoms with E-state index in [-0.39, 0.29) is 16.5 Å². The lowest BCUT2D eigenvalue weighted by Gasteiger charge is -2.23. The Balaban J connectivity index is 1.38. The van der Waals surface area contributed by atoms with Crippen molar-refractivity contribution >= 4 is 57.3 Å². The third-order valence-electron chi connectivity index (χ3n) is 7.36. The molecule has 9 nitrogen and oxygen atoms in total. The molecule has 45 heavy (non-hydrogen) atoms. The molecule has 3 aromatic carbocycles. The molecule has 1 amide bonds. The van der Waals surface area contributed by atoms with E-state index in [1.807, 2.05) is 30.3 Å². The van der Waals surface area contributed by atoms with Crippen LogP contribution in [0, 0.1) is 0 Å². The first-order chi connectivity index (χ1) is 21.9. The molecule has 2 aliphatic rings. The fraction of sp³-hybridized carbons (Fsp3) is 0.273. The Morgan fingerprint density at radius 2 is 1.87 bits per heavy atom. The van der Waals surface area contributed by atoms with E-state index in [4.69, 9.17) is 25.8 Å². The highest BCUT2D eigenvalue weighted by molar-refractivity contribution is 8.00. The van der Waals surface area contributed by atoms with Gasteiger partial charge >= 0.3 is 5.91 Å². The van der Waals surface area contributed by atoms with E-state index in [1.165, 1.54) is 28.0 Å². The number of halogens is 1. The maximum absolute atomic E-state index is 13.7. The Morgan fingerprint density at radius 1 is 1.04 bits per heavy atom. The molecule has 1 saturated heterocycles. The molecular weight excluding hydrogens is 634 g/mol. The summed E-state index contributed by atoms with van der Waals surface area (Å²) in [5.74, 6) is 0.167. The number of benzene rings is 3. The number of Topliss-reactive ketones (excluding diaryl/α,β-unsaturated/α-hetero) is 1. The number of hydrogen-bond acceptors (Lipinski definition) is 10. The van der Waals surface area contributed by atoms with E-state index < -0.39 is 17.7 Å². The van der Waals surface area contributed by atoms with E-state index in [2.05, 4.69) is 17.1 Å². The lowest BCUT2D eigenvalue weighted by atomic mass is 9.95. The standard InChI is InChI=1S/C33H30ClN3O6S2/c1-2-3-6-14-41-23-10-7-9-20(17-23)28-27(29(38)21-12-13-25-26(18-21)43-16-15-42-25)30(39)31(40)37(28)32-35-36-33(45-32)44-19-22-8-4-5-11-24(22)34/h4-5,7-13,17-18,28,38H,2-3,6,14-16,19H2,1H3. The number of ether oxygens (including phenoxy) is 3. The molecule has 232 valence electrons. The fourth-order valence-electron chi connectivity index (χ4n) is 5.12. The van der Waals surface area contributed by atoms with Crippen molar-refractivity contribution in [3.05, 3.63) is 94.0 Å². The van der Waals surface area contributed by atoms with Crippen LogP contribution in [0.1, 0.15) is 48.9 Å². The van der Waals surface area contributed by atoms with Crippen molar-refractivity contribution in [2.45, 2.75) is 42.3 Å². The number of rotatable bonds is 11. The molecule has 0 bridgehead atoms. The van der Waals surface area contributed by atoms with Gasteiger partial charge in [-0.25, -0.2) is 0 Å². The number of nitrogens with zero attached hydrogens (tertiary/aromatic N) is 3. The highest BCUT2D eigenvalue weighted by atomic mass is 35.5. The maximum atomic E-state index is 13.7. The lowest BCUT2D eigenvalue weighted by molar-refractivity contribution is -0.132. The van der Waals surface area contributed by atoms with Crippen molar-refractivity contribution in [3.63, 3.8) is 0 Å². The second-order valence-corrected chi connectivity index (χ2v) is 13.0. The molecular formula is C33H30ClN3O6S2. The Bertz CT molecular complexity index is 1760. The lowest BCUT2D eigenvalue weighted by Crippen LogP contribution is -2.29. The number of carbonyl (C=O) groups excluding carboxylic acids is 2. The van der Waals surface area contributed by atoms with Gasteiger partial charge in [-0.1, -0.05) is 84.8 Å². The van der Waals surface area contributed by atoms with Gasteiger partial charge in [-0.05, 0) is 53.9 Å². The maximum Gasteiger partial charge on any atom is 0.301 e. The molecule has 0 spiro atoms. The molecule has 0 aliphatic carbocycles. The van der Waals surface area contributed by atoms with Gasteiger partial charge in [0.25, 0.3) is 5.78 Å². The van der Waals surface area contributed by atoms with Crippen LogP contribution in [0.4, 0.5) is 5.13 Å². The number of unbranched alkanes of at least 4 members (excludes halogenated alkanes) is 2. The molecule has 1 unspecified atom stereocenters. The third kappa shape index (κ3) is 6.66. The van der Waals surface area contributed by atoms with Gasteiger partial charge in [0.15, 0.2) is 15.8 Å². The Kier molecular flexibility index (Phi) is 9.58. The summed E-state index contributed by atoms with van der Waals surface area (Å²) < 4.78 is 17.9. The second-order valence-electron chi connectivity index (χ2n) is 10.4. The summed E-state index contributed by atoms with van der Waals surface area (Å²) in [6, 6.07) is 18.7. The van der Waals surface area contributed by atoms with Gasteiger partial charge in [0, 0.05) is 16.3 Å². The zero-order valence-corrected chi connectivity index (χ0v) is 26.8. The monoisotopic (exact) mass is 663 g/mol. The molecule has 4 aromatic rings. The largest absolute Gasteiger partial charge is 0.507 e. The highest BCUT2D eigenvalue weighted by Gasteiger charge is 2.48. The number of anilines is 1. The molecule has 1 aromatic heterocycles. The summed E-state index contributed by atoms with van der Waals surface area (Å²) in [5.41, 5.74) is 1.78. The number of thioether (sulfide) groups is 1. The van der Waals surface area contributed by atoms with Gasteiger partial charge in [0.2, 0.25) is 5.13 Å². The predicted molar refractivity (Wildman–Crippen MR) is 175 cm³/mol. The summed E-state index contributed by atoms with van der Waals surface area (Å²) >= 11 is 8.95. The van der Waals surface area contributed by atoms with Crippen LogP contribution in [0.25, 0.3) is 5.76 Å². The number of fused-ring (bicyclic) bond motifs is 1. The number of hydrogen-bond donors (Lipinski definition) is 1. The second kappa shape index (κ2) is 13.9. The van der Waals surface area contributed by atoms with Crippen LogP contribution in [-0.4, -0.2) is 46.8 Å². The van der Waals surface area contributed by atoms with Crippen molar-refractivity contribution in [1.82, 2.24) is 10.2 Å². The minimum Gasteiger partial charge on any atom is -0.507 e. The van der Waals surface area contributed by atoms with Gasteiger partial charge in [-0.2, -0.15) is 0 Å². The van der Waals surface area contributed by atoms with Crippen LogP contribution in [0.3, 0.4) is 0 Å². The van der Waals surface area contributed by atoms with E-state index in [0.29, 0.717) is 63.3 Å². The van der Waals surface area contributed by atoms with E-state index >= 15 is 0 Å². The topological polar surface area (TPSA) is 111 Å². The van der Waals surface area contributed by atoms with Crippen LogP contribution in [0.5, 0.6) is 17.2 Å². The molecule has 2 aliphatic heterocycles. The zero-order chi connectivity index (χ0) is 31.3. The van der Waals surface area contributed by atoms with Gasteiger partial charge in [0.1, 0.15) is 24.7 Å². The number of ketones is 1. The molecule has 1 N–H and O–H groups in total. The van der Waals surface area contributed by atoms with Gasteiger partial charge in [-0.15, -0.1) is 10.2 Å². The van der Waals surface area contributed by atoms with Crippen LogP contribution >= 0.6 is 34.7 Å². The van der Waals surface area contributed by atoms with Crippen LogP contribution < -0.4 is 19.1 Å². The van der Waals surface area contributed by atoms with Gasteiger partial charge in [-0.3, -0.25) is 14.5 Å². The van der Waals surface area contributed by atoms with Gasteiger partial charge in [0.05, 0.1) is 18.2 Å². The molecule has 3 heterocycles. The first-order valence-electron chi connectivity index (χ1n) is 14.6. The van der Waals surface area contributed by atoms with Crippen molar-refractivity contribution in [3.8, 4) is 17.2 Å². The van der Waals surface area contributed by atoms with Crippen molar-refractivity contribution in [2.24, 2.45) is 0 Å². The molecule has 1 atom stereocenters. The summed E-state index contributed by atoms with van der Waals surface area (Å²) in [7, 11) is 0. The number of carbonyl (C=O) groups is 2. The van der Waals surface area contributed by atoms with Crippen LogP contribution in [0.15, 0.2) is 76.6 Å². The smallest absolute Gasteiger partial charge is 0.301 e. The molecule has 0 saturated carbocycles.